The lowest BCUT2D eigenvalue weighted by molar-refractivity contribution is -0.120. The highest BCUT2D eigenvalue weighted by Crippen LogP contribution is 2.26. The second-order valence-electron chi connectivity index (χ2n) is 6.73. The second kappa shape index (κ2) is 7.84. The summed E-state index contributed by atoms with van der Waals surface area (Å²) in [6.07, 6.45) is 3.36. The first-order valence-corrected chi connectivity index (χ1v) is 9.93. The zero-order valence-electron chi connectivity index (χ0n) is 15.1. The maximum Gasteiger partial charge on any atom is 0.228 e. The number of rotatable bonds is 4. The van der Waals surface area contributed by atoms with Crippen molar-refractivity contribution in [1.29, 1.82) is 0 Å². The average Bonchev–Trinajstić information content (AvgIpc) is 3.25. The van der Waals surface area contributed by atoms with Gasteiger partial charge < -0.3 is 10.2 Å². The Balaban J connectivity index is 1.33. The van der Waals surface area contributed by atoms with Crippen LogP contribution in [0.4, 0.5) is 11.6 Å². The first-order valence-electron chi connectivity index (χ1n) is 9.05. The molecular weight excluding hydrogens is 358 g/mol. The maximum atomic E-state index is 12.5. The van der Waals surface area contributed by atoms with Crippen molar-refractivity contribution in [3.05, 3.63) is 53.5 Å². The number of hydrogen-bond donors (Lipinski definition) is 1. The van der Waals surface area contributed by atoms with Crippen molar-refractivity contribution in [2.75, 3.05) is 23.3 Å². The monoisotopic (exact) mass is 379 g/mol. The number of amides is 1. The smallest absolute Gasteiger partial charge is 0.228 e. The van der Waals surface area contributed by atoms with Gasteiger partial charge in [0.2, 0.25) is 5.91 Å². The summed E-state index contributed by atoms with van der Waals surface area (Å²) < 4.78 is 0. The van der Waals surface area contributed by atoms with Crippen LogP contribution in [0.3, 0.4) is 0 Å². The summed E-state index contributed by atoms with van der Waals surface area (Å²) in [7, 11) is 0. The second-order valence-corrected chi connectivity index (χ2v) is 7.67. The zero-order valence-corrected chi connectivity index (χ0v) is 15.9. The molecule has 0 saturated carbocycles. The van der Waals surface area contributed by atoms with E-state index in [9.17, 15) is 4.79 Å². The fraction of sp³-hybridized carbons (Fsp3) is 0.300. The zero-order chi connectivity index (χ0) is 18.6. The number of piperidine rings is 1. The Kier molecular flexibility index (Phi) is 5.11. The van der Waals surface area contributed by atoms with Crippen LogP contribution in [0.15, 0.2) is 48.0 Å². The molecule has 4 rings (SSSR count). The van der Waals surface area contributed by atoms with Gasteiger partial charge >= 0.3 is 0 Å². The summed E-state index contributed by atoms with van der Waals surface area (Å²) in [6.45, 7) is 3.57. The molecule has 1 N–H and O–H groups in total. The molecule has 3 aromatic rings. The number of aryl methyl sites for hydroxylation is 1. The third kappa shape index (κ3) is 4.14. The summed E-state index contributed by atoms with van der Waals surface area (Å²) in [5.41, 5.74) is 1.97. The predicted molar refractivity (Wildman–Crippen MR) is 108 cm³/mol. The van der Waals surface area contributed by atoms with Gasteiger partial charge in [-0.2, -0.15) is 0 Å². The Morgan fingerprint density at radius 3 is 2.63 bits per heavy atom. The van der Waals surface area contributed by atoms with Crippen molar-refractivity contribution in [2.45, 2.75) is 19.8 Å². The van der Waals surface area contributed by atoms with E-state index in [1.807, 2.05) is 48.7 Å². The van der Waals surface area contributed by atoms with Gasteiger partial charge in [0.25, 0.3) is 0 Å². The van der Waals surface area contributed by atoms with E-state index in [1.165, 1.54) is 0 Å². The fourth-order valence-corrected chi connectivity index (χ4v) is 3.88. The van der Waals surface area contributed by atoms with Crippen LogP contribution >= 0.6 is 11.3 Å². The molecule has 0 radical (unpaired) electrons. The third-order valence-electron chi connectivity index (χ3n) is 4.78. The predicted octanol–water partition coefficient (Wildman–Crippen LogP) is 3.76. The van der Waals surface area contributed by atoms with Crippen LogP contribution in [0, 0.1) is 12.8 Å². The molecule has 0 spiro atoms. The number of thiophene rings is 1. The van der Waals surface area contributed by atoms with E-state index in [0.717, 1.165) is 47.9 Å². The summed E-state index contributed by atoms with van der Waals surface area (Å²) >= 11 is 1.66. The van der Waals surface area contributed by atoms with E-state index in [4.69, 9.17) is 0 Å². The molecule has 4 heterocycles. The van der Waals surface area contributed by atoms with E-state index in [-0.39, 0.29) is 11.8 Å². The molecule has 138 valence electrons. The first kappa shape index (κ1) is 17.6. The first-order chi connectivity index (χ1) is 13.2. The van der Waals surface area contributed by atoms with Crippen LogP contribution in [0.2, 0.25) is 0 Å². The van der Waals surface area contributed by atoms with Crippen molar-refractivity contribution < 1.29 is 4.79 Å². The minimum absolute atomic E-state index is 0.00250. The molecule has 0 bridgehead atoms. The molecule has 7 heteroatoms. The van der Waals surface area contributed by atoms with E-state index >= 15 is 0 Å². The van der Waals surface area contributed by atoms with Gasteiger partial charge in [0.1, 0.15) is 11.5 Å². The van der Waals surface area contributed by atoms with Crippen molar-refractivity contribution >= 4 is 28.9 Å². The van der Waals surface area contributed by atoms with Gasteiger partial charge in [-0.15, -0.1) is 21.5 Å². The van der Waals surface area contributed by atoms with Crippen LogP contribution in [0.1, 0.15) is 18.4 Å². The van der Waals surface area contributed by atoms with E-state index in [0.29, 0.717) is 5.82 Å². The fourth-order valence-electron chi connectivity index (χ4n) is 3.19. The average molecular weight is 379 g/mol. The van der Waals surface area contributed by atoms with E-state index in [2.05, 4.69) is 25.4 Å². The minimum Gasteiger partial charge on any atom is -0.355 e. The van der Waals surface area contributed by atoms with Gasteiger partial charge in [-0.05, 0) is 55.0 Å². The van der Waals surface area contributed by atoms with Crippen molar-refractivity contribution in [2.24, 2.45) is 5.92 Å². The maximum absolute atomic E-state index is 12.5. The quantitative estimate of drug-likeness (QED) is 0.747. The van der Waals surface area contributed by atoms with E-state index < -0.39 is 0 Å². The Morgan fingerprint density at radius 2 is 2.00 bits per heavy atom. The number of aromatic nitrogens is 3. The Bertz CT molecular complexity index is 885. The number of carbonyl (C=O) groups is 1. The SMILES string of the molecule is Cc1ccc(NC(=O)C2CCN(c3ccc(-c4cccs4)nn3)CC2)nc1. The molecule has 1 saturated heterocycles. The largest absolute Gasteiger partial charge is 0.355 e. The van der Waals surface area contributed by atoms with Crippen LogP contribution in [0.5, 0.6) is 0 Å². The lowest BCUT2D eigenvalue weighted by Crippen LogP contribution is -2.38. The number of carbonyl (C=O) groups excluding carboxylic acids is 1. The van der Waals surface area contributed by atoms with Crippen LogP contribution in [0.25, 0.3) is 10.6 Å². The summed E-state index contributed by atoms with van der Waals surface area (Å²) in [5, 5.41) is 13.7. The number of nitrogens with one attached hydrogen (secondary N) is 1. The van der Waals surface area contributed by atoms with Crippen LogP contribution in [-0.2, 0) is 4.79 Å². The number of anilines is 2. The van der Waals surface area contributed by atoms with Crippen molar-refractivity contribution in [1.82, 2.24) is 15.2 Å². The third-order valence-corrected chi connectivity index (χ3v) is 5.67. The Morgan fingerprint density at radius 1 is 1.15 bits per heavy atom. The van der Waals surface area contributed by atoms with Crippen molar-refractivity contribution in [3.63, 3.8) is 0 Å². The lowest BCUT2D eigenvalue weighted by atomic mass is 9.96. The Labute approximate surface area is 162 Å². The molecule has 1 aliphatic rings. The standard InChI is InChI=1S/C20H21N5OS/c1-14-4-6-18(21-13-14)22-20(26)15-8-10-25(11-9-15)19-7-5-16(23-24-19)17-3-2-12-27-17/h2-7,12-13,15H,8-11H2,1H3,(H,21,22,26). The van der Waals surface area contributed by atoms with Gasteiger partial charge in [0.05, 0.1) is 4.88 Å². The normalized spacial score (nSPS) is 14.9. The highest BCUT2D eigenvalue weighted by atomic mass is 32.1. The molecule has 27 heavy (non-hydrogen) atoms. The van der Waals surface area contributed by atoms with Crippen molar-refractivity contribution in [3.8, 4) is 10.6 Å². The lowest BCUT2D eigenvalue weighted by Gasteiger charge is -2.31. The molecule has 1 amide bonds. The molecule has 0 unspecified atom stereocenters. The van der Waals surface area contributed by atoms with Crippen LogP contribution in [-0.4, -0.2) is 34.2 Å². The van der Waals surface area contributed by atoms with Gasteiger partial charge in [-0.25, -0.2) is 4.98 Å². The number of nitrogens with zero attached hydrogens (tertiary/aromatic N) is 4. The molecule has 1 aliphatic heterocycles. The molecule has 0 atom stereocenters. The van der Waals surface area contributed by atoms with Gasteiger partial charge in [-0.1, -0.05) is 12.1 Å². The Hall–Kier alpha value is -2.80. The molecule has 0 aromatic carbocycles. The minimum atomic E-state index is 0.00250. The number of hydrogen-bond acceptors (Lipinski definition) is 6. The van der Waals surface area contributed by atoms with Gasteiger partial charge in [-0.3, -0.25) is 4.79 Å². The highest BCUT2D eigenvalue weighted by molar-refractivity contribution is 7.13. The molecule has 3 aromatic heterocycles. The van der Waals surface area contributed by atoms with E-state index in [1.54, 1.807) is 17.5 Å². The van der Waals surface area contributed by atoms with Gasteiger partial charge in [0, 0.05) is 25.2 Å². The molecule has 0 aliphatic carbocycles. The summed E-state index contributed by atoms with van der Waals surface area (Å²) in [5.74, 6) is 1.53. The van der Waals surface area contributed by atoms with Gasteiger partial charge in [0.15, 0.2) is 5.82 Å². The van der Waals surface area contributed by atoms with Crippen LogP contribution < -0.4 is 10.2 Å². The number of pyridine rings is 1. The summed E-state index contributed by atoms with van der Waals surface area (Å²) in [4.78, 5) is 20.0. The topological polar surface area (TPSA) is 71.0 Å². The molecular formula is C20H21N5OS. The summed E-state index contributed by atoms with van der Waals surface area (Å²) in [6, 6.07) is 11.9. The highest BCUT2D eigenvalue weighted by Gasteiger charge is 2.26. The molecule has 6 nitrogen and oxygen atoms in total. The molecule has 1 fully saturated rings.